The van der Waals surface area contributed by atoms with E-state index in [-0.39, 0.29) is 0 Å². The number of nitrogens with zero attached hydrogens (tertiary/aromatic N) is 1. The number of fused-ring (bicyclic) bond motifs is 1. The minimum absolute atomic E-state index is 0.323. The molecule has 3 nitrogen and oxygen atoms in total. The molecule has 2 aromatic carbocycles. The highest BCUT2D eigenvalue weighted by molar-refractivity contribution is 5.88. The lowest BCUT2D eigenvalue weighted by atomic mass is 9.87. The number of benzene rings is 2. The van der Waals surface area contributed by atoms with Gasteiger partial charge in [0.2, 0.25) is 11.4 Å². The van der Waals surface area contributed by atoms with Gasteiger partial charge in [-0.05, 0) is 55.9 Å². The number of aromatic carboxylic acids is 1. The third-order valence-corrected chi connectivity index (χ3v) is 5.59. The van der Waals surface area contributed by atoms with Gasteiger partial charge in [0.15, 0.2) is 5.69 Å². The molecule has 0 atom stereocenters. The summed E-state index contributed by atoms with van der Waals surface area (Å²) in [6.45, 7) is 2.21. The molecule has 0 unspecified atom stereocenters. The first-order chi connectivity index (χ1) is 13.7. The van der Waals surface area contributed by atoms with Gasteiger partial charge < -0.3 is 5.11 Å². The highest BCUT2D eigenvalue weighted by atomic mass is 16.4. The van der Waals surface area contributed by atoms with Crippen LogP contribution in [0.15, 0.2) is 60.7 Å². The Hall–Kier alpha value is -2.94. The number of carbonyl (C=O) groups is 1. The van der Waals surface area contributed by atoms with Crippen LogP contribution >= 0.6 is 0 Å². The number of pyridine rings is 1. The second kappa shape index (κ2) is 7.97. The molecule has 4 rings (SSSR count). The van der Waals surface area contributed by atoms with Crippen LogP contribution in [0.25, 0.3) is 16.9 Å². The standard InChI is InChI=1S/C25H25NO2/c1-2-9-23-22-15-7-6-12-19(22)17-24(18-10-4-3-5-11-18)26(23)21-14-8-13-20(16-21)25(27)28/h3-5,8,10-11,13-14,16-17H,2,6-7,9,12,15H2,1H3/p+1. The maximum Gasteiger partial charge on any atom is 0.335 e. The van der Waals surface area contributed by atoms with E-state index >= 15 is 0 Å². The summed E-state index contributed by atoms with van der Waals surface area (Å²) in [4.78, 5) is 11.6. The molecule has 0 aliphatic heterocycles. The Morgan fingerprint density at radius 3 is 2.54 bits per heavy atom. The minimum Gasteiger partial charge on any atom is -0.478 e. The summed E-state index contributed by atoms with van der Waals surface area (Å²) in [5, 5.41) is 9.50. The number of hydrogen-bond acceptors (Lipinski definition) is 1. The van der Waals surface area contributed by atoms with Crippen molar-refractivity contribution in [3.05, 3.63) is 83.0 Å². The van der Waals surface area contributed by atoms with Crippen LogP contribution in [0.4, 0.5) is 0 Å². The summed E-state index contributed by atoms with van der Waals surface area (Å²) in [6.07, 6.45) is 6.75. The normalized spacial score (nSPS) is 13.2. The molecule has 3 heteroatoms. The maximum absolute atomic E-state index is 11.6. The summed E-state index contributed by atoms with van der Waals surface area (Å²) >= 11 is 0. The SMILES string of the molecule is CCCc1c2c(cc(-c3ccccc3)[n+]1-c1cccc(C(=O)O)c1)CCCC2. The smallest absolute Gasteiger partial charge is 0.335 e. The minimum atomic E-state index is -0.890. The van der Waals surface area contributed by atoms with Crippen LogP contribution in [0, 0.1) is 0 Å². The summed E-state index contributed by atoms with van der Waals surface area (Å²) in [7, 11) is 0. The molecule has 0 fully saturated rings. The van der Waals surface area contributed by atoms with E-state index < -0.39 is 5.97 Å². The van der Waals surface area contributed by atoms with Crippen molar-refractivity contribution in [2.75, 3.05) is 0 Å². The Morgan fingerprint density at radius 2 is 1.79 bits per heavy atom. The fraction of sp³-hybridized carbons (Fsp3) is 0.280. The Balaban J connectivity index is 2.04. The Labute approximate surface area is 166 Å². The number of hydrogen-bond donors (Lipinski definition) is 1. The van der Waals surface area contributed by atoms with Crippen molar-refractivity contribution in [3.63, 3.8) is 0 Å². The first kappa shape index (κ1) is 18.4. The Kier molecular flexibility index (Phi) is 5.25. The first-order valence-corrected chi connectivity index (χ1v) is 10.2. The van der Waals surface area contributed by atoms with Crippen molar-refractivity contribution < 1.29 is 14.5 Å². The maximum atomic E-state index is 11.6. The molecule has 0 spiro atoms. The highest BCUT2D eigenvalue weighted by Gasteiger charge is 2.28. The van der Waals surface area contributed by atoms with Crippen molar-refractivity contribution in [3.8, 4) is 16.9 Å². The van der Waals surface area contributed by atoms with E-state index in [0.29, 0.717) is 5.56 Å². The van der Waals surface area contributed by atoms with E-state index in [9.17, 15) is 9.90 Å². The number of rotatable bonds is 5. The molecule has 1 aliphatic carbocycles. The molecule has 0 amide bonds. The van der Waals surface area contributed by atoms with Crippen LogP contribution in [0.1, 0.15) is 53.4 Å². The fourth-order valence-corrected chi connectivity index (χ4v) is 4.32. The average molecular weight is 372 g/mol. The van der Waals surface area contributed by atoms with Crippen LogP contribution in [-0.2, 0) is 19.3 Å². The van der Waals surface area contributed by atoms with Gasteiger partial charge in [-0.25, -0.2) is 4.79 Å². The summed E-state index contributed by atoms with van der Waals surface area (Å²) < 4.78 is 2.30. The van der Waals surface area contributed by atoms with Gasteiger partial charge in [0.25, 0.3) is 0 Å². The molecule has 0 radical (unpaired) electrons. The lowest BCUT2D eigenvalue weighted by molar-refractivity contribution is -0.593. The van der Waals surface area contributed by atoms with Crippen molar-refractivity contribution in [1.29, 1.82) is 0 Å². The van der Waals surface area contributed by atoms with Gasteiger partial charge in [-0.2, -0.15) is 4.57 Å². The molecule has 3 aromatic rings. The van der Waals surface area contributed by atoms with Crippen LogP contribution < -0.4 is 4.57 Å². The van der Waals surface area contributed by atoms with Gasteiger partial charge in [0, 0.05) is 35.7 Å². The van der Waals surface area contributed by atoms with Crippen molar-refractivity contribution in [2.24, 2.45) is 0 Å². The monoisotopic (exact) mass is 372 g/mol. The molecule has 0 saturated heterocycles. The zero-order valence-electron chi connectivity index (χ0n) is 16.3. The fourth-order valence-electron chi connectivity index (χ4n) is 4.32. The lowest BCUT2D eigenvalue weighted by Crippen LogP contribution is -2.41. The largest absolute Gasteiger partial charge is 0.478 e. The predicted molar refractivity (Wildman–Crippen MR) is 111 cm³/mol. The van der Waals surface area contributed by atoms with Gasteiger partial charge in [0.05, 0.1) is 5.56 Å². The quantitative estimate of drug-likeness (QED) is 0.629. The van der Waals surface area contributed by atoms with E-state index in [1.807, 2.05) is 18.2 Å². The van der Waals surface area contributed by atoms with Crippen LogP contribution in [-0.4, -0.2) is 11.1 Å². The number of carboxylic acids is 1. The number of aryl methyl sites for hydroxylation is 1. The zero-order valence-corrected chi connectivity index (χ0v) is 16.3. The van der Waals surface area contributed by atoms with E-state index in [1.165, 1.54) is 29.7 Å². The second-order valence-corrected chi connectivity index (χ2v) is 7.49. The summed E-state index contributed by atoms with van der Waals surface area (Å²) in [6, 6.07) is 20.1. The van der Waals surface area contributed by atoms with E-state index in [1.54, 1.807) is 12.1 Å². The molecule has 0 saturated carbocycles. The van der Waals surface area contributed by atoms with Gasteiger partial charge in [-0.15, -0.1) is 0 Å². The molecule has 1 N–H and O–H groups in total. The molecule has 0 bridgehead atoms. The molecule has 1 heterocycles. The van der Waals surface area contributed by atoms with Crippen molar-refractivity contribution in [2.45, 2.75) is 45.4 Å². The average Bonchev–Trinajstić information content (AvgIpc) is 2.74. The number of aromatic nitrogens is 1. The molecular formula is C25H26NO2+. The highest BCUT2D eigenvalue weighted by Crippen LogP contribution is 2.29. The predicted octanol–water partition coefficient (Wildman–Crippen LogP) is 5.16. The van der Waals surface area contributed by atoms with Crippen LogP contribution in [0.2, 0.25) is 0 Å². The second-order valence-electron chi connectivity index (χ2n) is 7.49. The van der Waals surface area contributed by atoms with Gasteiger partial charge in [0.1, 0.15) is 0 Å². The van der Waals surface area contributed by atoms with Crippen LogP contribution in [0.3, 0.4) is 0 Å². The topological polar surface area (TPSA) is 41.2 Å². The van der Waals surface area contributed by atoms with E-state index in [2.05, 4.69) is 41.8 Å². The third kappa shape index (κ3) is 3.45. The lowest BCUT2D eigenvalue weighted by Gasteiger charge is -2.20. The molecule has 1 aromatic heterocycles. The summed E-state index contributed by atoms with van der Waals surface area (Å²) in [5.74, 6) is -0.890. The number of carboxylic acid groups (broad SMARTS) is 1. The summed E-state index contributed by atoms with van der Waals surface area (Å²) in [5.41, 5.74) is 7.81. The van der Waals surface area contributed by atoms with Gasteiger partial charge in [-0.1, -0.05) is 31.2 Å². The first-order valence-electron chi connectivity index (χ1n) is 10.2. The van der Waals surface area contributed by atoms with Crippen LogP contribution in [0.5, 0.6) is 0 Å². The van der Waals surface area contributed by atoms with E-state index in [4.69, 9.17) is 0 Å². The zero-order chi connectivity index (χ0) is 19.5. The van der Waals surface area contributed by atoms with Gasteiger partial charge in [-0.3, -0.25) is 0 Å². The van der Waals surface area contributed by atoms with Crippen molar-refractivity contribution in [1.82, 2.24) is 0 Å². The molecule has 1 aliphatic rings. The molecule has 142 valence electrons. The van der Waals surface area contributed by atoms with Gasteiger partial charge >= 0.3 is 5.97 Å². The molecular weight excluding hydrogens is 346 g/mol. The van der Waals surface area contributed by atoms with E-state index in [0.717, 1.165) is 42.6 Å². The Bertz CT molecular complexity index is 1010. The molecule has 28 heavy (non-hydrogen) atoms. The van der Waals surface area contributed by atoms with Crippen molar-refractivity contribution >= 4 is 5.97 Å². The third-order valence-electron chi connectivity index (χ3n) is 5.59. The Morgan fingerprint density at radius 1 is 1.00 bits per heavy atom.